The van der Waals surface area contributed by atoms with E-state index in [2.05, 4.69) is 29.2 Å². The third kappa shape index (κ3) is 4.20. The fourth-order valence-corrected chi connectivity index (χ4v) is 6.35. The second-order valence-electron chi connectivity index (χ2n) is 10.3. The van der Waals surface area contributed by atoms with E-state index in [4.69, 9.17) is 9.47 Å². The van der Waals surface area contributed by atoms with E-state index in [9.17, 15) is 9.59 Å². The van der Waals surface area contributed by atoms with Gasteiger partial charge in [0.05, 0.1) is 6.61 Å². The highest BCUT2D eigenvalue weighted by atomic mass is 16.5. The van der Waals surface area contributed by atoms with Crippen LogP contribution >= 0.6 is 0 Å². The Morgan fingerprint density at radius 1 is 0.789 bits per heavy atom. The fraction of sp³-hybridized carbons (Fsp3) is 0.333. The molecule has 0 amide bonds. The van der Waals surface area contributed by atoms with Crippen molar-refractivity contribution in [3.05, 3.63) is 94.3 Å². The van der Waals surface area contributed by atoms with Gasteiger partial charge in [-0.25, -0.2) is 0 Å². The summed E-state index contributed by atoms with van der Waals surface area (Å²) in [6.07, 6.45) is 4.51. The monoisotopic (exact) mass is 507 g/mol. The zero-order chi connectivity index (χ0) is 26.2. The third-order valence-electron chi connectivity index (χ3n) is 8.11. The molecule has 38 heavy (non-hydrogen) atoms. The van der Waals surface area contributed by atoms with Crippen molar-refractivity contribution in [2.45, 2.75) is 58.0 Å². The van der Waals surface area contributed by atoms with E-state index < -0.39 is 0 Å². The number of Topliss-reactive ketones (excluding diaryl/α,β-unsaturated/α-hetero) is 2. The quantitative estimate of drug-likeness (QED) is 0.365. The second kappa shape index (κ2) is 10.1. The van der Waals surface area contributed by atoms with Gasteiger partial charge in [0, 0.05) is 48.3 Å². The third-order valence-corrected chi connectivity index (χ3v) is 8.11. The summed E-state index contributed by atoms with van der Waals surface area (Å²) in [7, 11) is 2.02. The molecule has 0 aromatic heterocycles. The van der Waals surface area contributed by atoms with Crippen LogP contribution in [-0.2, 0) is 16.2 Å². The first-order chi connectivity index (χ1) is 18.6. The number of allylic oxidation sites excluding steroid dienone is 4. The number of carbonyl (C=O) groups is 2. The van der Waals surface area contributed by atoms with Crippen LogP contribution in [0.3, 0.4) is 0 Å². The van der Waals surface area contributed by atoms with Crippen LogP contribution in [0.2, 0.25) is 0 Å². The second-order valence-corrected chi connectivity index (χ2v) is 10.3. The van der Waals surface area contributed by atoms with E-state index >= 15 is 0 Å². The maximum atomic E-state index is 13.3. The summed E-state index contributed by atoms with van der Waals surface area (Å²) in [6.45, 7) is 2.85. The molecule has 0 fully saturated rings. The Bertz CT molecular complexity index is 1450. The van der Waals surface area contributed by atoms with Crippen LogP contribution in [0.15, 0.2) is 83.2 Å². The van der Waals surface area contributed by atoms with Gasteiger partial charge in [-0.15, -0.1) is 0 Å². The highest BCUT2D eigenvalue weighted by Crippen LogP contribution is 2.49. The Balaban J connectivity index is 1.39. The van der Waals surface area contributed by atoms with Crippen LogP contribution in [0, 0.1) is 0 Å². The molecule has 3 aliphatic rings. The molecule has 5 heteroatoms. The van der Waals surface area contributed by atoms with Gasteiger partial charge in [0.1, 0.15) is 6.61 Å². The SMILES string of the molecule is CCOc1cc(C2C3=C(CCCC3=O)N(C)C3=C2C(=O)CCC3)ccc1OCc1cccc2ccccc12. The average Bonchev–Trinajstić information content (AvgIpc) is 2.94. The molecule has 6 rings (SSSR count). The normalized spacial score (nSPS) is 18.1. The lowest BCUT2D eigenvalue weighted by Crippen LogP contribution is -2.37. The number of nitrogens with zero attached hydrogens (tertiary/aromatic N) is 1. The van der Waals surface area contributed by atoms with Gasteiger partial charge in [0.15, 0.2) is 23.1 Å². The molecule has 0 unspecified atom stereocenters. The molecule has 0 atom stereocenters. The average molecular weight is 508 g/mol. The molecule has 0 radical (unpaired) electrons. The van der Waals surface area contributed by atoms with E-state index in [1.165, 1.54) is 10.8 Å². The maximum absolute atomic E-state index is 13.3. The summed E-state index contributed by atoms with van der Waals surface area (Å²) in [5.41, 5.74) is 5.77. The molecule has 3 aromatic carbocycles. The number of rotatable bonds is 6. The van der Waals surface area contributed by atoms with Crippen molar-refractivity contribution in [1.82, 2.24) is 4.90 Å². The Kier molecular flexibility index (Phi) is 6.52. The van der Waals surface area contributed by atoms with Crippen LogP contribution in [0.1, 0.15) is 62.5 Å². The molecule has 194 valence electrons. The standard InChI is InChI=1S/C33H33NO4/c1-3-37-30-19-22(17-18-29(30)38-20-23-11-6-10-21-9-4-5-12-24(21)23)31-32-25(13-7-15-27(32)35)34(2)26-14-8-16-28(36)33(26)31/h4-6,9-12,17-19,31H,3,7-8,13-16,20H2,1-2H3. The Morgan fingerprint density at radius 3 is 2.18 bits per heavy atom. The molecule has 2 aliphatic carbocycles. The minimum absolute atomic E-state index is 0.155. The number of hydrogen-bond acceptors (Lipinski definition) is 5. The van der Waals surface area contributed by atoms with Gasteiger partial charge in [-0.2, -0.15) is 0 Å². The molecule has 0 saturated carbocycles. The highest BCUT2D eigenvalue weighted by molar-refractivity contribution is 6.06. The molecule has 0 bridgehead atoms. The van der Waals surface area contributed by atoms with Crippen LogP contribution < -0.4 is 9.47 Å². The summed E-state index contributed by atoms with van der Waals surface area (Å²) < 4.78 is 12.4. The van der Waals surface area contributed by atoms with Crippen molar-refractivity contribution in [3.8, 4) is 11.5 Å². The number of benzene rings is 3. The molecule has 1 aliphatic heterocycles. The fourth-order valence-electron chi connectivity index (χ4n) is 6.35. The van der Waals surface area contributed by atoms with Crippen LogP contribution in [-0.4, -0.2) is 30.1 Å². The lowest BCUT2D eigenvalue weighted by molar-refractivity contribution is -0.117. The van der Waals surface area contributed by atoms with E-state index in [0.717, 1.165) is 59.4 Å². The Labute approximate surface area is 223 Å². The summed E-state index contributed by atoms with van der Waals surface area (Å²) >= 11 is 0. The molecular formula is C33H33NO4. The summed E-state index contributed by atoms with van der Waals surface area (Å²) in [6, 6.07) is 20.5. The predicted molar refractivity (Wildman–Crippen MR) is 148 cm³/mol. The Morgan fingerprint density at radius 2 is 1.47 bits per heavy atom. The first-order valence-electron chi connectivity index (χ1n) is 13.7. The molecule has 0 N–H and O–H groups in total. The van der Waals surface area contributed by atoms with Crippen LogP contribution in [0.5, 0.6) is 11.5 Å². The van der Waals surface area contributed by atoms with Crippen molar-refractivity contribution in [2.24, 2.45) is 0 Å². The van der Waals surface area contributed by atoms with Crippen molar-refractivity contribution in [2.75, 3.05) is 13.7 Å². The number of carbonyl (C=O) groups excluding carboxylic acids is 2. The summed E-state index contributed by atoms with van der Waals surface area (Å²) in [5, 5.41) is 2.35. The zero-order valence-corrected chi connectivity index (χ0v) is 22.1. The molecular weight excluding hydrogens is 474 g/mol. The first kappa shape index (κ1) is 24.5. The summed E-state index contributed by atoms with van der Waals surface area (Å²) in [4.78, 5) is 28.8. The molecule has 0 saturated heterocycles. The first-order valence-corrected chi connectivity index (χ1v) is 13.7. The van der Waals surface area contributed by atoms with Crippen LogP contribution in [0.25, 0.3) is 10.8 Å². The van der Waals surface area contributed by atoms with Gasteiger partial charge in [0.25, 0.3) is 0 Å². The number of hydrogen-bond donors (Lipinski definition) is 0. The number of ether oxygens (including phenoxy) is 2. The van der Waals surface area contributed by atoms with Crippen molar-refractivity contribution in [3.63, 3.8) is 0 Å². The molecule has 0 spiro atoms. The topological polar surface area (TPSA) is 55.8 Å². The van der Waals surface area contributed by atoms with E-state index in [0.29, 0.717) is 37.6 Å². The smallest absolute Gasteiger partial charge is 0.161 e. The van der Waals surface area contributed by atoms with E-state index in [1.807, 2.05) is 50.4 Å². The maximum Gasteiger partial charge on any atom is 0.161 e. The highest BCUT2D eigenvalue weighted by Gasteiger charge is 2.42. The largest absolute Gasteiger partial charge is 0.490 e. The predicted octanol–water partition coefficient (Wildman–Crippen LogP) is 6.86. The van der Waals surface area contributed by atoms with Gasteiger partial charge in [-0.05, 0) is 66.6 Å². The number of ketones is 2. The van der Waals surface area contributed by atoms with Gasteiger partial charge in [-0.1, -0.05) is 48.5 Å². The van der Waals surface area contributed by atoms with Crippen molar-refractivity contribution < 1.29 is 19.1 Å². The van der Waals surface area contributed by atoms with Gasteiger partial charge >= 0.3 is 0 Å². The van der Waals surface area contributed by atoms with Gasteiger partial charge < -0.3 is 14.4 Å². The zero-order valence-electron chi connectivity index (χ0n) is 22.1. The molecule has 1 heterocycles. The van der Waals surface area contributed by atoms with E-state index in [-0.39, 0.29) is 17.5 Å². The van der Waals surface area contributed by atoms with E-state index in [1.54, 1.807) is 0 Å². The minimum Gasteiger partial charge on any atom is -0.490 e. The van der Waals surface area contributed by atoms with Gasteiger partial charge in [-0.3, -0.25) is 9.59 Å². The van der Waals surface area contributed by atoms with Crippen LogP contribution in [0.4, 0.5) is 0 Å². The summed E-state index contributed by atoms with van der Waals surface area (Å²) in [5.74, 6) is 1.26. The minimum atomic E-state index is -0.344. The molecule has 3 aromatic rings. The van der Waals surface area contributed by atoms with Crippen molar-refractivity contribution >= 4 is 22.3 Å². The van der Waals surface area contributed by atoms with Crippen molar-refractivity contribution in [1.29, 1.82) is 0 Å². The molecule has 5 nitrogen and oxygen atoms in total. The lowest BCUT2D eigenvalue weighted by Gasteiger charge is -2.42. The number of fused-ring (bicyclic) bond motifs is 1. The Hall–Kier alpha value is -3.86. The van der Waals surface area contributed by atoms with Gasteiger partial charge in [0.2, 0.25) is 0 Å². The lowest BCUT2D eigenvalue weighted by atomic mass is 9.71.